The molecule has 0 unspecified atom stereocenters. The second-order valence-electron chi connectivity index (χ2n) is 7.23. The molecule has 0 aliphatic carbocycles. The van der Waals surface area contributed by atoms with E-state index in [0.717, 1.165) is 54.5 Å². The summed E-state index contributed by atoms with van der Waals surface area (Å²) in [6.45, 7) is 5.64. The van der Waals surface area contributed by atoms with Crippen LogP contribution in [0.1, 0.15) is 37.1 Å². The van der Waals surface area contributed by atoms with E-state index in [1.165, 1.54) is 0 Å². The summed E-state index contributed by atoms with van der Waals surface area (Å²) in [5.41, 5.74) is 1.84. The molecular weight excluding hydrogens is 352 g/mol. The molecule has 28 heavy (non-hydrogen) atoms. The maximum atomic E-state index is 12.8. The standard InChI is InChI=1S/C22H26N4O2/c1-3-19-10-11-20(28-19)15-25-13-4-5-21(25)22(27)24-17-6-8-18(9-7-17)26-14-12-23-16(26)2/h6-12,14,21H,3-5,13,15H2,1-2H3,(H,24,27)/t21-/m1/s1. The molecule has 0 bridgehead atoms. The first-order valence-electron chi connectivity index (χ1n) is 9.87. The Bertz CT molecular complexity index is 942. The van der Waals surface area contributed by atoms with E-state index in [-0.39, 0.29) is 11.9 Å². The summed E-state index contributed by atoms with van der Waals surface area (Å²) in [5, 5.41) is 3.07. The van der Waals surface area contributed by atoms with Crippen LogP contribution in [0.2, 0.25) is 0 Å². The fourth-order valence-corrected chi connectivity index (χ4v) is 3.79. The average molecular weight is 378 g/mol. The zero-order chi connectivity index (χ0) is 19.5. The zero-order valence-corrected chi connectivity index (χ0v) is 16.4. The van der Waals surface area contributed by atoms with Crippen LogP contribution in [0, 0.1) is 6.92 Å². The average Bonchev–Trinajstić information content (AvgIpc) is 3.44. The molecule has 3 heterocycles. The summed E-state index contributed by atoms with van der Waals surface area (Å²) in [5.74, 6) is 2.90. The molecule has 1 atom stereocenters. The fourth-order valence-electron chi connectivity index (χ4n) is 3.79. The number of carbonyl (C=O) groups excluding carboxylic acids is 1. The van der Waals surface area contributed by atoms with Crippen molar-refractivity contribution in [3.05, 3.63) is 66.1 Å². The lowest BCUT2D eigenvalue weighted by Crippen LogP contribution is -2.39. The van der Waals surface area contributed by atoms with Gasteiger partial charge in [0.2, 0.25) is 5.91 Å². The molecule has 0 radical (unpaired) electrons. The monoisotopic (exact) mass is 378 g/mol. The van der Waals surface area contributed by atoms with Gasteiger partial charge in [-0.2, -0.15) is 0 Å². The third-order valence-corrected chi connectivity index (χ3v) is 5.33. The molecule has 1 fully saturated rings. The van der Waals surface area contributed by atoms with Gasteiger partial charge >= 0.3 is 0 Å². The van der Waals surface area contributed by atoms with Crippen molar-refractivity contribution in [2.75, 3.05) is 11.9 Å². The van der Waals surface area contributed by atoms with E-state index in [9.17, 15) is 4.79 Å². The van der Waals surface area contributed by atoms with Crippen LogP contribution in [0.5, 0.6) is 0 Å². The number of hydrogen-bond acceptors (Lipinski definition) is 4. The van der Waals surface area contributed by atoms with Gasteiger partial charge in [-0.1, -0.05) is 6.92 Å². The smallest absolute Gasteiger partial charge is 0.241 e. The number of hydrogen-bond donors (Lipinski definition) is 1. The molecule has 0 saturated carbocycles. The minimum Gasteiger partial charge on any atom is -0.465 e. The molecule has 1 amide bonds. The molecule has 6 nitrogen and oxygen atoms in total. The first kappa shape index (κ1) is 18.5. The number of amides is 1. The Labute approximate surface area is 165 Å². The lowest BCUT2D eigenvalue weighted by Gasteiger charge is -2.22. The van der Waals surface area contributed by atoms with Crippen molar-refractivity contribution in [3.63, 3.8) is 0 Å². The van der Waals surface area contributed by atoms with Gasteiger partial charge in [0.1, 0.15) is 17.3 Å². The van der Waals surface area contributed by atoms with Crippen LogP contribution in [0.25, 0.3) is 5.69 Å². The third-order valence-electron chi connectivity index (χ3n) is 5.33. The van der Waals surface area contributed by atoms with Crippen LogP contribution in [0.15, 0.2) is 53.2 Å². The number of furan rings is 1. The molecular formula is C22H26N4O2. The van der Waals surface area contributed by atoms with E-state index < -0.39 is 0 Å². The highest BCUT2D eigenvalue weighted by atomic mass is 16.3. The quantitative estimate of drug-likeness (QED) is 0.706. The van der Waals surface area contributed by atoms with E-state index >= 15 is 0 Å². The first-order chi connectivity index (χ1) is 13.6. The van der Waals surface area contributed by atoms with Crippen LogP contribution in [0.3, 0.4) is 0 Å². The molecule has 1 aliphatic heterocycles. The number of likely N-dealkylation sites (tertiary alicyclic amines) is 1. The largest absolute Gasteiger partial charge is 0.465 e. The van der Waals surface area contributed by atoms with Crippen LogP contribution in [0.4, 0.5) is 5.69 Å². The van der Waals surface area contributed by atoms with Gasteiger partial charge in [-0.3, -0.25) is 9.69 Å². The van der Waals surface area contributed by atoms with Gasteiger partial charge in [0.15, 0.2) is 0 Å². The number of rotatable bonds is 6. The second kappa shape index (κ2) is 8.02. The summed E-state index contributed by atoms with van der Waals surface area (Å²) < 4.78 is 7.83. The summed E-state index contributed by atoms with van der Waals surface area (Å²) >= 11 is 0. The molecule has 1 aliphatic rings. The second-order valence-corrected chi connectivity index (χ2v) is 7.23. The van der Waals surface area contributed by atoms with Crippen molar-refractivity contribution in [1.29, 1.82) is 0 Å². The highest BCUT2D eigenvalue weighted by Crippen LogP contribution is 2.23. The number of carbonyl (C=O) groups is 1. The van der Waals surface area contributed by atoms with Gasteiger partial charge in [0, 0.05) is 30.2 Å². The Morgan fingerprint density at radius 1 is 1.21 bits per heavy atom. The van der Waals surface area contributed by atoms with Crippen LogP contribution < -0.4 is 5.32 Å². The van der Waals surface area contributed by atoms with Gasteiger partial charge in [0.25, 0.3) is 0 Å². The molecule has 146 valence electrons. The predicted octanol–water partition coefficient (Wildman–Crippen LogP) is 3.94. The van der Waals surface area contributed by atoms with Crippen LogP contribution in [-0.4, -0.2) is 32.9 Å². The topological polar surface area (TPSA) is 63.3 Å². The van der Waals surface area contributed by atoms with E-state index in [4.69, 9.17) is 4.42 Å². The van der Waals surface area contributed by atoms with Gasteiger partial charge in [0.05, 0.1) is 12.6 Å². The normalized spacial score (nSPS) is 17.1. The molecule has 1 N–H and O–H groups in total. The van der Waals surface area contributed by atoms with E-state index in [1.807, 2.05) is 54.1 Å². The Hall–Kier alpha value is -2.86. The Morgan fingerprint density at radius 3 is 2.68 bits per heavy atom. The van der Waals surface area contributed by atoms with Gasteiger partial charge in [-0.25, -0.2) is 4.98 Å². The summed E-state index contributed by atoms with van der Waals surface area (Å²) in [6.07, 6.45) is 6.50. The molecule has 6 heteroatoms. The maximum absolute atomic E-state index is 12.8. The molecule has 2 aromatic heterocycles. The molecule has 4 rings (SSSR count). The minimum absolute atomic E-state index is 0.0475. The number of imidazole rings is 1. The van der Waals surface area contributed by atoms with Gasteiger partial charge in [-0.15, -0.1) is 0 Å². The van der Waals surface area contributed by atoms with E-state index in [1.54, 1.807) is 6.20 Å². The number of aryl methyl sites for hydroxylation is 2. The Balaban J connectivity index is 1.40. The number of nitrogens with zero attached hydrogens (tertiary/aromatic N) is 3. The zero-order valence-electron chi connectivity index (χ0n) is 16.4. The van der Waals surface area contributed by atoms with Gasteiger partial charge < -0.3 is 14.3 Å². The number of aromatic nitrogens is 2. The molecule has 3 aromatic rings. The first-order valence-corrected chi connectivity index (χ1v) is 9.87. The van der Waals surface area contributed by atoms with Crippen molar-refractivity contribution in [2.45, 2.75) is 45.7 Å². The Morgan fingerprint density at radius 2 is 2.00 bits per heavy atom. The molecule has 0 spiro atoms. The van der Waals surface area contributed by atoms with Crippen molar-refractivity contribution in [1.82, 2.24) is 14.5 Å². The van der Waals surface area contributed by atoms with Crippen LogP contribution in [-0.2, 0) is 17.8 Å². The van der Waals surface area contributed by atoms with Crippen molar-refractivity contribution in [3.8, 4) is 5.69 Å². The highest BCUT2D eigenvalue weighted by molar-refractivity contribution is 5.95. The summed E-state index contributed by atoms with van der Waals surface area (Å²) in [6, 6.07) is 11.8. The van der Waals surface area contributed by atoms with Gasteiger partial charge in [-0.05, 0) is 62.7 Å². The maximum Gasteiger partial charge on any atom is 0.241 e. The van der Waals surface area contributed by atoms with Crippen molar-refractivity contribution in [2.24, 2.45) is 0 Å². The van der Waals surface area contributed by atoms with E-state index in [0.29, 0.717) is 6.54 Å². The number of benzene rings is 1. The predicted molar refractivity (Wildman–Crippen MR) is 108 cm³/mol. The SMILES string of the molecule is CCc1ccc(CN2CCC[C@@H]2C(=O)Nc2ccc(-n3ccnc3C)cc2)o1. The lowest BCUT2D eigenvalue weighted by molar-refractivity contribution is -0.120. The Kier molecular flexibility index (Phi) is 5.30. The molecule has 1 aromatic carbocycles. The van der Waals surface area contributed by atoms with Crippen molar-refractivity contribution >= 4 is 11.6 Å². The summed E-state index contributed by atoms with van der Waals surface area (Å²) in [4.78, 5) is 19.3. The van der Waals surface area contributed by atoms with E-state index in [2.05, 4.69) is 22.1 Å². The lowest BCUT2D eigenvalue weighted by atomic mass is 10.2. The minimum atomic E-state index is -0.120. The highest BCUT2D eigenvalue weighted by Gasteiger charge is 2.31. The summed E-state index contributed by atoms with van der Waals surface area (Å²) in [7, 11) is 0. The van der Waals surface area contributed by atoms with Crippen LogP contribution >= 0.6 is 0 Å². The third kappa shape index (κ3) is 3.87. The van der Waals surface area contributed by atoms with Crippen molar-refractivity contribution < 1.29 is 9.21 Å². The molecule has 1 saturated heterocycles. The number of anilines is 1. The number of nitrogens with one attached hydrogen (secondary N) is 1. The fraction of sp³-hybridized carbons (Fsp3) is 0.364.